The van der Waals surface area contributed by atoms with Crippen LogP contribution in [0, 0.1) is 0 Å². The van der Waals surface area contributed by atoms with Crippen LogP contribution in [0.5, 0.6) is 11.5 Å². The molecule has 2 rings (SSSR count). The molecule has 0 bridgehead atoms. The van der Waals surface area contributed by atoms with Crippen molar-refractivity contribution in [1.82, 2.24) is 10.7 Å². The minimum Gasteiger partial charge on any atom is -0.490 e. The maximum absolute atomic E-state index is 5.85. The molecule has 0 fully saturated rings. The van der Waals surface area contributed by atoms with Gasteiger partial charge in [-0.2, -0.15) is 5.10 Å². The second-order valence-corrected chi connectivity index (χ2v) is 7.65. The monoisotopic (exact) mass is 399 g/mol. The third-order valence-corrected chi connectivity index (χ3v) is 4.19. The summed E-state index contributed by atoms with van der Waals surface area (Å²) in [6.07, 6.45) is 1.69. The SMILES string of the molecule is CCNC(=S)N/N=C\c1ccccc1OCCOc1ccc(C(C)(C)C)cc1. The van der Waals surface area contributed by atoms with Crippen LogP contribution in [0.4, 0.5) is 0 Å². The molecule has 0 aliphatic rings. The highest BCUT2D eigenvalue weighted by molar-refractivity contribution is 7.80. The quantitative estimate of drug-likeness (QED) is 0.301. The van der Waals surface area contributed by atoms with Crippen LogP contribution in [0.1, 0.15) is 38.8 Å². The van der Waals surface area contributed by atoms with Crippen molar-refractivity contribution in [2.45, 2.75) is 33.1 Å². The lowest BCUT2D eigenvalue weighted by molar-refractivity contribution is 0.217. The average Bonchev–Trinajstić information content (AvgIpc) is 2.66. The molecule has 0 aliphatic heterocycles. The van der Waals surface area contributed by atoms with Gasteiger partial charge in [-0.1, -0.05) is 45.0 Å². The number of thiocarbonyl (C=S) groups is 1. The lowest BCUT2D eigenvalue weighted by atomic mass is 9.87. The topological polar surface area (TPSA) is 54.9 Å². The molecule has 2 N–H and O–H groups in total. The highest BCUT2D eigenvalue weighted by Gasteiger charge is 2.12. The van der Waals surface area contributed by atoms with E-state index < -0.39 is 0 Å². The standard InChI is InChI=1S/C22H29N3O2S/c1-5-23-21(28)25-24-16-17-8-6-7-9-20(17)27-15-14-26-19-12-10-18(11-13-19)22(2,3)4/h6-13,16H,5,14-15H2,1-4H3,(H2,23,25,28)/b24-16-. The first kappa shape index (κ1) is 21.7. The first-order chi connectivity index (χ1) is 13.4. The van der Waals surface area contributed by atoms with E-state index in [0.29, 0.717) is 18.3 Å². The Kier molecular flexibility index (Phi) is 8.26. The molecule has 2 aromatic rings. The Bertz CT molecular complexity index is 783. The van der Waals surface area contributed by atoms with E-state index >= 15 is 0 Å². The van der Waals surface area contributed by atoms with E-state index in [-0.39, 0.29) is 5.41 Å². The van der Waals surface area contributed by atoms with Gasteiger partial charge in [0.1, 0.15) is 24.7 Å². The van der Waals surface area contributed by atoms with Crippen molar-refractivity contribution < 1.29 is 9.47 Å². The highest BCUT2D eigenvalue weighted by atomic mass is 32.1. The maximum atomic E-state index is 5.85. The number of hydrazone groups is 1. The van der Waals surface area contributed by atoms with Crippen molar-refractivity contribution in [3.05, 3.63) is 59.7 Å². The third kappa shape index (κ3) is 7.19. The molecule has 0 spiro atoms. The molecule has 0 aliphatic carbocycles. The molecule has 2 aromatic carbocycles. The summed E-state index contributed by atoms with van der Waals surface area (Å²) in [6.45, 7) is 10.2. The van der Waals surface area contributed by atoms with Crippen molar-refractivity contribution in [3.63, 3.8) is 0 Å². The molecule has 0 radical (unpaired) electrons. The number of nitrogens with zero attached hydrogens (tertiary/aromatic N) is 1. The van der Waals surface area contributed by atoms with Crippen molar-refractivity contribution in [3.8, 4) is 11.5 Å². The zero-order chi connectivity index (χ0) is 20.4. The van der Waals surface area contributed by atoms with E-state index in [1.165, 1.54) is 5.56 Å². The Morgan fingerprint density at radius 1 is 1.04 bits per heavy atom. The van der Waals surface area contributed by atoms with Gasteiger partial charge in [0.05, 0.1) is 6.21 Å². The molecule has 0 unspecified atom stereocenters. The van der Waals surface area contributed by atoms with Gasteiger partial charge in [-0.05, 0) is 54.4 Å². The Morgan fingerprint density at radius 2 is 1.71 bits per heavy atom. The minimum absolute atomic E-state index is 0.137. The van der Waals surface area contributed by atoms with Crippen molar-refractivity contribution in [1.29, 1.82) is 0 Å². The summed E-state index contributed by atoms with van der Waals surface area (Å²) in [5.41, 5.74) is 5.06. The molecule has 28 heavy (non-hydrogen) atoms. The zero-order valence-electron chi connectivity index (χ0n) is 17.0. The summed E-state index contributed by atoms with van der Waals surface area (Å²) in [4.78, 5) is 0. The zero-order valence-corrected chi connectivity index (χ0v) is 17.8. The smallest absolute Gasteiger partial charge is 0.186 e. The van der Waals surface area contributed by atoms with Gasteiger partial charge in [-0.25, -0.2) is 0 Å². The first-order valence-electron chi connectivity index (χ1n) is 9.42. The maximum Gasteiger partial charge on any atom is 0.186 e. The van der Waals surface area contributed by atoms with Gasteiger partial charge in [0.15, 0.2) is 5.11 Å². The van der Waals surface area contributed by atoms with Crippen molar-refractivity contribution in [2.24, 2.45) is 5.10 Å². The summed E-state index contributed by atoms with van der Waals surface area (Å²) in [7, 11) is 0. The number of nitrogens with one attached hydrogen (secondary N) is 2. The van der Waals surface area contributed by atoms with Gasteiger partial charge in [0.25, 0.3) is 0 Å². The van der Waals surface area contributed by atoms with E-state index in [0.717, 1.165) is 23.6 Å². The summed E-state index contributed by atoms with van der Waals surface area (Å²) in [5.74, 6) is 1.58. The van der Waals surface area contributed by atoms with Gasteiger partial charge >= 0.3 is 0 Å². The highest BCUT2D eigenvalue weighted by Crippen LogP contribution is 2.24. The predicted molar refractivity (Wildman–Crippen MR) is 120 cm³/mol. The number of benzene rings is 2. The molecule has 0 heterocycles. The van der Waals surface area contributed by atoms with E-state index in [1.54, 1.807) is 6.21 Å². The summed E-state index contributed by atoms with van der Waals surface area (Å²) >= 11 is 5.08. The third-order valence-electron chi connectivity index (χ3n) is 3.96. The number of rotatable bonds is 8. The molecule has 5 nitrogen and oxygen atoms in total. The predicted octanol–water partition coefficient (Wildman–Crippen LogP) is 4.26. The Hall–Kier alpha value is -2.60. The molecular weight excluding hydrogens is 370 g/mol. The van der Waals surface area contributed by atoms with Crippen LogP contribution in [0.2, 0.25) is 0 Å². The number of para-hydroxylation sites is 1. The molecule has 0 saturated heterocycles. The minimum atomic E-state index is 0.137. The van der Waals surface area contributed by atoms with Crippen LogP contribution >= 0.6 is 12.2 Å². The summed E-state index contributed by atoms with van der Waals surface area (Å²) in [6, 6.07) is 15.9. The Labute approximate surface area is 173 Å². The van der Waals surface area contributed by atoms with Gasteiger partial charge in [0.2, 0.25) is 0 Å². The van der Waals surface area contributed by atoms with Crippen LogP contribution in [-0.2, 0) is 5.41 Å². The second kappa shape index (κ2) is 10.7. The van der Waals surface area contributed by atoms with Gasteiger partial charge in [0, 0.05) is 12.1 Å². The molecule has 6 heteroatoms. The number of ether oxygens (including phenoxy) is 2. The van der Waals surface area contributed by atoms with Gasteiger partial charge in [-0.15, -0.1) is 0 Å². The van der Waals surface area contributed by atoms with E-state index in [1.807, 2.05) is 43.3 Å². The van der Waals surface area contributed by atoms with Gasteiger partial charge < -0.3 is 14.8 Å². The van der Waals surface area contributed by atoms with Crippen LogP contribution in [0.3, 0.4) is 0 Å². The fourth-order valence-electron chi connectivity index (χ4n) is 2.44. The van der Waals surface area contributed by atoms with Gasteiger partial charge in [-0.3, -0.25) is 5.43 Å². The van der Waals surface area contributed by atoms with Crippen molar-refractivity contribution >= 4 is 23.5 Å². The normalized spacial score (nSPS) is 11.3. The van der Waals surface area contributed by atoms with E-state index in [4.69, 9.17) is 21.7 Å². The Balaban J connectivity index is 1.83. The first-order valence-corrected chi connectivity index (χ1v) is 9.83. The van der Waals surface area contributed by atoms with Crippen LogP contribution < -0.4 is 20.2 Å². The van der Waals surface area contributed by atoms with E-state index in [2.05, 4.69) is 48.7 Å². The van der Waals surface area contributed by atoms with Crippen molar-refractivity contribution in [2.75, 3.05) is 19.8 Å². The van der Waals surface area contributed by atoms with Crippen LogP contribution in [-0.4, -0.2) is 31.1 Å². The molecule has 0 atom stereocenters. The molecule has 0 aromatic heterocycles. The average molecular weight is 400 g/mol. The number of hydrogen-bond acceptors (Lipinski definition) is 4. The summed E-state index contributed by atoms with van der Waals surface area (Å²) < 4.78 is 11.6. The molecule has 0 saturated carbocycles. The lowest BCUT2D eigenvalue weighted by Gasteiger charge is -2.19. The molecule has 0 amide bonds. The fraction of sp³-hybridized carbons (Fsp3) is 0.364. The number of hydrogen-bond donors (Lipinski definition) is 2. The molecular formula is C22H29N3O2S. The fourth-order valence-corrected chi connectivity index (χ4v) is 2.64. The van der Waals surface area contributed by atoms with Crippen LogP contribution in [0.15, 0.2) is 53.6 Å². The summed E-state index contributed by atoms with van der Waals surface area (Å²) in [5, 5.41) is 7.60. The van der Waals surface area contributed by atoms with E-state index in [9.17, 15) is 0 Å². The lowest BCUT2D eigenvalue weighted by Crippen LogP contribution is -2.31. The second-order valence-electron chi connectivity index (χ2n) is 7.24. The van der Waals surface area contributed by atoms with Crippen LogP contribution in [0.25, 0.3) is 0 Å². The molecule has 150 valence electrons. The largest absolute Gasteiger partial charge is 0.490 e. The Morgan fingerprint density at radius 3 is 2.39 bits per heavy atom.